The van der Waals surface area contributed by atoms with Crippen molar-refractivity contribution in [3.05, 3.63) is 33.8 Å². The van der Waals surface area contributed by atoms with E-state index in [9.17, 15) is 4.79 Å². The Hall–Kier alpha value is -0.530. The molecule has 98 valence electrons. The Balaban J connectivity index is 2.09. The summed E-state index contributed by atoms with van der Waals surface area (Å²) in [6.45, 7) is 4.38. The fourth-order valence-corrected chi connectivity index (χ4v) is 3.22. The third kappa shape index (κ3) is 2.89. The molecule has 0 saturated heterocycles. The molecular weight excluding hydrogens is 267 g/mol. The van der Waals surface area contributed by atoms with E-state index >= 15 is 0 Å². The minimum atomic E-state index is 0.146. The van der Waals surface area contributed by atoms with E-state index in [-0.39, 0.29) is 11.3 Å². The molecule has 0 spiro atoms. The number of hydrogen-bond donors (Lipinski definition) is 0. The summed E-state index contributed by atoms with van der Waals surface area (Å²) in [7, 11) is 0. The molecule has 0 radical (unpaired) electrons. The molecule has 1 aliphatic rings. The van der Waals surface area contributed by atoms with Gasteiger partial charge in [-0.15, -0.1) is 0 Å². The molecule has 0 bridgehead atoms. The van der Waals surface area contributed by atoms with Crippen molar-refractivity contribution in [3.63, 3.8) is 0 Å². The van der Waals surface area contributed by atoms with Gasteiger partial charge in [0, 0.05) is 12.3 Å². The molecule has 18 heavy (non-hydrogen) atoms. The highest BCUT2D eigenvalue weighted by molar-refractivity contribution is 6.42. The molecule has 1 aromatic rings. The van der Waals surface area contributed by atoms with Crippen LogP contribution in [-0.4, -0.2) is 5.78 Å². The van der Waals surface area contributed by atoms with E-state index in [1.54, 1.807) is 12.1 Å². The van der Waals surface area contributed by atoms with E-state index in [2.05, 4.69) is 13.8 Å². The van der Waals surface area contributed by atoms with Crippen molar-refractivity contribution in [2.24, 2.45) is 11.3 Å². The van der Waals surface area contributed by atoms with Crippen molar-refractivity contribution in [3.8, 4) is 0 Å². The quantitative estimate of drug-likeness (QED) is 0.769. The number of rotatable bonds is 3. The Kier molecular flexibility index (Phi) is 4.03. The number of ketones is 1. The van der Waals surface area contributed by atoms with Crippen LogP contribution in [0.5, 0.6) is 0 Å². The smallest absolute Gasteiger partial charge is 0.140 e. The molecular formula is C15H18Cl2O. The number of carbonyl (C=O) groups excluding carboxylic acids is 1. The maximum absolute atomic E-state index is 12.4. The van der Waals surface area contributed by atoms with Crippen molar-refractivity contribution >= 4 is 29.0 Å². The van der Waals surface area contributed by atoms with Crippen molar-refractivity contribution in [1.29, 1.82) is 0 Å². The van der Waals surface area contributed by atoms with Crippen LogP contribution in [0.3, 0.4) is 0 Å². The lowest BCUT2D eigenvalue weighted by Crippen LogP contribution is -2.27. The highest BCUT2D eigenvalue weighted by Crippen LogP contribution is 2.43. The molecule has 0 N–H and O–H groups in total. The van der Waals surface area contributed by atoms with Gasteiger partial charge < -0.3 is 0 Å². The predicted molar refractivity (Wildman–Crippen MR) is 76.3 cm³/mol. The molecule has 1 fully saturated rings. The molecule has 0 amide bonds. The van der Waals surface area contributed by atoms with E-state index in [4.69, 9.17) is 23.2 Å². The third-order valence-corrected chi connectivity index (χ3v) is 4.75. The van der Waals surface area contributed by atoms with E-state index in [0.29, 0.717) is 22.2 Å². The van der Waals surface area contributed by atoms with Crippen LogP contribution in [0.15, 0.2) is 18.2 Å². The van der Waals surface area contributed by atoms with Gasteiger partial charge in [0.15, 0.2) is 0 Å². The van der Waals surface area contributed by atoms with Crippen LogP contribution >= 0.6 is 23.2 Å². The largest absolute Gasteiger partial charge is 0.299 e. The average molecular weight is 285 g/mol. The maximum atomic E-state index is 12.4. The minimum Gasteiger partial charge on any atom is -0.299 e. The fraction of sp³-hybridized carbons (Fsp3) is 0.533. The zero-order valence-electron chi connectivity index (χ0n) is 10.8. The standard InChI is InChI=1S/C15H18Cl2O/c1-15(2)7-3-4-11(15)14(18)9-10-5-6-12(16)13(17)8-10/h5-6,8,11H,3-4,7,9H2,1-2H3. The van der Waals surface area contributed by atoms with Gasteiger partial charge in [-0.05, 0) is 36.0 Å². The molecule has 2 rings (SSSR count). The lowest BCUT2D eigenvalue weighted by molar-refractivity contribution is -0.124. The lowest BCUT2D eigenvalue weighted by atomic mass is 9.78. The Morgan fingerprint density at radius 2 is 2.06 bits per heavy atom. The molecule has 0 heterocycles. The first-order valence-electron chi connectivity index (χ1n) is 6.37. The van der Waals surface area contributed by atoms with Gasteiger partial charge in [0.25, 0.3) is 0 Å². The van der Waals surface area contributed by atoms with Crippen molar-refractivity contribution in [1.82, 2.24) is 0 Å². The molecule has 0 aliphatic heterocycles. The van der Waals surface area contributed by atoms with E-state index in [1.165, 1.54) is 0 Å². The number of carbonyl (C=O) groups is 1. The second-order valence-corrected chi connectivity index (χ2v) is 6.64. The van der Waals surface area contributed by atoms with Crippen LogP contribution in [0.4, 0.5) is 0 Å². The Morgan fingerprint density at radius 3 is 2.61 bits per heavy atom. The van der Waals surface area contributed by atoms with Gasteiger partial charge in [0.2, 0.25) is 0 Å². The van der Waals surface area contributed by atoms with Crippen LogP contribution in [0, 0.1) is 11.3 Å². The summed E-state index contributed by atoms with van der Waals surface area (Å²) in [4.78, 5) is 12.4. The summed E-state index contributed by atoms with van der Waals surface area (Å²) in [5.41, 5.74) is 1.10. The monoisotopic (exact) mass is 284 g/mol. The van der Waals surface area contributed by atoms with Crippen LogP contribution in [0.25, 0.3) is 0 Å². The second-order valence-electron chi connectivity index (χ2n) is 5.82. The number of Topliss-reactive ketones (excluding diaryl/α,β-unsaturated/α-hetero) is 1. The Labute approximate surface area is 118 Å². The average Bonchev–Trinajstić information content (AvgIpc) is 2.63. The highest BCUT2D eigenvalue weighted by atomic mass is 35.5. The first kappa shape index (κ1) is 13.9. The Morgan fingerprint density at radius 1 is 1.33 bits per heavy atom. The van der Waals surface area contributed by atoms with Gasteiger partial charge in [-0.1, -0.05) is 49.5 Å². The van der Waals surface area contributed by atoms with Gasteiger partial charge >= 0.3 is 0 Å². The van der Waals surface area contributed by atoms with Crippen molar-refractivity contribution in [2.75, 3.05) is 0 Å². The van der Waals surface area contributed by atoms with Crippen molar-refractivity contribution < 1.29 is 4.79 Å². The normalized spacial score (nSPS) is 22.1. The summed E-state index contributed by atoms with van der Waals surface area (Å²) in [6.07, 6.45) is 3.79. The number of halogens is 2. The molecule has 1 saturated carbocycles. The number of hydrogen-bond acceptors (Lipinski definition) is 1. The van der Waals surface area contributed by atoms with Gasteiger partial charge in [-0.25, -0.2) is 0 Å². The first-order valence-corrected chi connectivity index (χ1v) is 7.12. The van der Waals surface area contributed by atoms with Crippen molar-refractivity contribution in [2.45, 2.75) is 39.5 Å². The molecule has 1 unspecified atom stereocenters. The fourth-order valence-electron chi connectivity index (χ4n) is 2.90. The van der Waals surface area contributed by atoms with E-state index < -0.39 is 0 Å². The highest BCUT2D eigenvalue weighted by Gasteiger charge is 2.38. The van der Waals surface area contributed by atoms with Crippen LogP contribution in [0.2, 0.25) is 10.0 Å². The van der Waals surface area contributed by atoms with Gasteiger partial charge in [0.05, 0.1) is 10.0 Å². The minimum absolute atomic E-state index is 0.146. The van der Waals surface area contributed by atoms with Gasteiger partial charge in [-0.3, -0.25) is 4.79 Å². The zero-order valence-corrected chi connectivity index (χ0v) is 12.3. The third-order valence-electron chi connectivity index (χ3n) is 4.01. The summed E-state index contributed by atoms with van der Waals surface area (Å²) in [5, 5.41) is 1.06. The molecule has 1 nitrogen and oxygen atoms in total. The Bertz CT molecular complexity index is 466. The van der Waals surface area contributed by atoms with E-state index in [1.807, 2.05) is 6.07 Å². The summed E-state index contributed by atoms with van der Waals surface area (Å²) < 4.78 is 0. The van der Waals surface area contributed by atoms with Gasteiger partial charge in [-0.2, -0.15) is 0 Å². The zero-order chi connectivity index (χ0) is 13.3. The predicted octanol–water partition coefficient (Wildman–Crippen LogP) is 4.93. The first-order chi connectivity index (χ1) is 8.40. The number of benzene rings is 1. The molecule has 1 atom stereocenters. The van der Waals surface area contributed by atoms with Crippen LogP contribution in [0.1, 0.15) is 38.7 Å². The van der Waals surface area contributed by atoms with Crippen LogP contribution < -0.4 is 0 Å². The molecule has 1 aliphatic carbocycles. The second kappa shape index (κ2) is 5.22. The topological polar surface area (TPSA) is 17.1 Å². The summed E-state index contributed by atoms with van der Waals surface area (Å²) in [6, 6.07) is 5.43. The summed E-state index contributed by atoms with van der Waals surface area (Å²) >= 11 is 11.8. The molecule has 1 aromatic carbocycles. The van der Waals surface area contributed by atoms with E-state index in [0.717, 1.165) is 24.8 Å². The maximum Gasteiger partial charge on any atom is 0.140 e. The molecule has 3 heteroatoms. The summed E-state index contributed by atoms with van der Waals surface area (Å²) in [5.74, 6) is 0.517. The SMILES string of the molecule is CC1(C)CCCC1C(=O)Cc1ccc(Cl)c(Cl)c1. The van der Waals surface area contributed by atoms with Gasteiger partial charge in [0.1, 0.15) is 5.78 Å². The molecule has 0 aromatic heterocycles. The lowest BCUT2D eigenvalue weighted by Gasteiger charge is -2.25. The van der Waals surface area contributed by atoms with Crippen LogP contribution in [-0.2, 0) is 11.2 Å².